The molecular formula is C23H24ClN3O2S. The quantitative estimate of drug-likeness (QED) is 0.609. The molecule has 1 fully saturated rings. The SMILES string of the molecule is C=CCN1C(=O)[C@@H](CC(=O)Nc2cc(C)ccc2C)SC1=Nc1cc(Cl)ccc1C. The molecule has 1 N–H and O–H groups in total. The molecule has 1 aliphatic rings. The second kappa shape index (κ2) is 9.49. The van der Waals surface area contributed by atoms with E-state index in [0.717, 1.165) is 22.4 Å². The van der Waals surface area contributed by atoms with Crippen molar-refractivity contribution in [3.63, 3.8) is 0 Å². The number of thioether (sulfide) groups is 1. The van der Waals surface area contributed by atoms with Gasteiger partial charge in [-0.25, -0.2) is 4.99 Å². The van der Waals surface area contributed by atoms with Gasteiger partial charge in [-0.2, -0.15) is 0 Å². The third-order valence-electron chi connectivity index (χ3n) is 4.76. The number of hydrogen-bond acceptors (Lipinski definition) is 4. The first-order valence-corrected chi connectivity index (χ1v) is 10.8. The van der Waals surface area contributed by atoms with Crippen LogP contribution in [0.1, 0.15) is 23.1 Å². The van der Waals surface area contributed by atoms with Gasteiger partial charge in [0.1, 0.15) is 5.25 Å². The van der Waals surface area contributed by atoms with Crippen LogP contribution in [0.25, 0.3) is 0 Å². The van der Waals surface area contributed by atoms with Crippen LogP contribution in [0.3, 0.4) is 0 Å². The summed E-state index contributed by atoms with van der Waals surface area (Å²) in [4.78, 5) is 31.8. The van der Waals surface area contributed by atoms with Crippen LogP contribution in [0.2, 0.25) is 5.02 Å². The van der Waals surface area contributed by atoms with Crippen molar-refractivity contribution in [1.29, 1.82) is 0 Å². The molecule has 156 valence electrons. The topological polar surface area (TPSA) is 61.8 Å². The molecule has 0 radical (unpaired) electrons. The smallest absolute Gasteiger partial charge is 0.242 e. The molecule has 0 aliphatic carbocycles. The minimum absolute atomic E-state index is 0.0675. The van der Waals surface area contributed by atoms with Gasteiger partial charge in [-0.15, -0.1) is 6.58 Å². The van der Waals surface area contributed by atoms with E-state index in [9.17, 15) is 9.59 Å². The lowest BCUT2D eigenvalue weighted by molar-refractivity contribution is -0.127. The highest BCUT2D eigenvalue weighted by molar-refractivity contribution is 8.15. The van der Waals surface area contributed by atoms with Crippen LogP contribution in [0.5, 0.6) is 0 Å². The average molecular weight is 442 g/mol. The van der Waals surface area contributed by atoms with E-state index in [1.54, 1.807) is 23.1 Å². The molecule has 5 nitrogen and oxygen atoms in total. The number of rotatable bonds is 6. The highest BCUT2D eigenvalue weighted by Gasteiger charge is 2.38. The van der Waals surface area contributed by atoms with Gasteiger partial charge in [0.15, 0.2) is 5.17 Å². The van der Waals surface area contributed by atoms with Gasteiger partial charge in [-0.1, -0.05) is 47.6 Å². The summed E-state index contributed by atoms with van der Waals surface area (Å²) < 4.78 is 0. The Hall–Kier alpha value is -2.57. The normalized spacial score (nSPS) is 17.5. The number of hydrogen-bond donors (Lipinski definition) is 1. The number of benzene rings is 2. The summed E-state index contributed by atoms with van der Waals surface area (Å²) in [5, 5.41) is 3.52. The maximum atomic E-state index is 12.9. The summed E-state index contributed by atoms with van der Waals surface area (Å²) in [6.45, 7) is 9.91. The number of carbonyl (C=O) groups excluding carboxylic acids is 2. The van der Waals surface area contributed by atoms with Crippen LogP contribution in [0.15, 0.2) is 54.0 Å². The summed E-state index contributed by atoms with van der Waals surface area (Å²) in [5.41, 5.74) is 4.46. The molecular weight excluding hydrogens is 418 g/mol. The van der Waals surface area contributed by atoms with E-state index in [0.29, 0.717) is 22.4 Å². The Labute approximate surface area is 186 Å². The molecule has 0 saturated carbocycles. The molecule has 2 aromatic rings. The predicted molar refractivity (Wildman–Crippen MR) is 126 cm³/mol. The van der Waals surface area contributed by atoms with Gasteiger partial charge in [0, 0.05) is 23.7 Å². The molecule has 0 aromatic heterocycles. The second-order valence-corrected chi connectivity index (χ2v) is 8.85. The number of anilines is 1. The second-order valence-electron chi connectivity index (χ2n) is 7.24. The molecule has 3 rings (SSSR count). The van der Waals surface area contributed by atoms with Crippen LogP contribution in [0.4, 0.5) is 11.4 Å². The fraction of sp³-hybridized carbons (Fsp3) is 0.261. The summed E-state index contributed by atoms with van der Waals surface area (Å²) >= 11 is 7.40. The molecule has 7 heteroatoms. The van der Waals surface area contributed by atoms with E-state index in [4.69, 9.17) is 11.6 Å². The zero-order valence-electron chi connectivity index (χ0n) is 17.2. The number of carbonyl (C=O) groups is 2. The highest BCUT2D eigenvalue weighted by Crippen LogP contribution is 2.33. The minimum Gasteiger partial charge on any atom is -0.326 e. The van der Waals surface area contributed by atoms with Gasteiger partial charge in [-0.05, 0) is 55.7 Å². The van der Waals surface area contributed by atoms with Crippen molar-refractivity contribution < 1.29 is 9.59 Å². The summed E-state index contributed by atoms with van der Waals surface area (Å²) in [6.07, 6.45) is 1.72. The number of amides is 2. The van der Waals surface area contributed by atoms with Crippen molar-refractivity contribution >= 4 is 51.7 Å². The number of aryl methyl sites for hydroxylation is 3. The Morgan fingerprint density at radius 1 is 1.23 bits per heavy atom. The Balaban J connectivity index is 1.79. The Morgan fingerprint density at radius 3 is 2.70 bits per heavy atom. The molecule has 0 unspecified atom stereocenters. The summed E-state index contributed by atoms with van der Waals surface area (Å²) in [6, 6.07) is 11.3. The molecule has 1 aliphatic heterocycles. The molecule has 0 bridgehead atoms. The lowest BCUT2D eigenvalue weighted by Crippen LogP contribution is -2.33. The minimum atomic E-state index is -0.534. The van der Waals surface area contributed by atoms with Gasteiger partial charge >= 0.3 is 0 Å². The number of nitrogens with one attached hydrogen (secondary N) is 1. The number of amidine groups is 1. The summed E-state index contributed by atoms with van der Waals surface area (Å²) in [7, 11) is 0. The van der Waals surface area contributed by atoms with Crippen LogP contribution in [-0.4, -0.2) is 33.7 Å². The van der Waals surface area contributed by atoms with E-state index in [2.05, 4.69) is 16.9 Å². The molecule has 1 saturated heterocycles. The first kappa shape index (κ1) is 22.1. The standard InChI is InChI=1S/C23H24ClN3O2S/c1-5-10-27-22(29)20(13-21(28)25-18-11-14(2)6-7-15(18)3)30-23(27)26-19-12-17(24)9-8-16(19)4/h5-9,11-12,20H,1,10,13H2,2-4H3,(H,25,28)/t20-/m1/s1. The van der Waals surface area contributed by atoms with Gasteiger partial charge in [-0.3, -0.25) is 14.5 Å². The Bertz CT molecular complexity index is 1040. The van der Waals surface area contributed by atoms with Crippen molar-refractivity contribution in [2.45, 2.75) is 32.4 Å². The molecule has 2 aromatic carbocycles. The van der Waals surface area contributed by atoms with Crippen LogP contribution in [0, 0.1) is 20.8 Å². The van der Waals surface area contributed by atoms with E-state index in [-0.39, 0.29) is 18.2 Å². The van der Waals surface area contributed by atoms with Gasteiger partial charge in [0.2, 0.25) is 11.8 Å². The van der Waals surface area contributed by atoms with Gasteiger partial charge in [0.05, 0.1) is 5.69 Å². The number of aliphatic imine (C=N–C) groups is 1. The zero-order chi connectivity index (χ0) is 21.8. The fourth-order valence-electron chi connectivity index (χ4n) is 3.07. The highest BCUT2D eigenvalue weighted by atomic mass is 35.5. The van der Waals surface area contributed by atoms with Gasteiger partial charge < -0.3 is 5.32 Å². The van der Waals surface area contributed by atoms with Crippen molar-refractivity contribution in [3.05, 3.63) is 70.8 Å². The van der Waals surface area contributed by atoms with Crippen LogP contribution in [-0.2, 0) is 9.59 Å². The Morgan fingerprint density at radius 2 is 1.97 bits per heavy atom. The van der Waals surface area contributed by atoms with E-state index in [1.165, 1.54) is 11.8 Å². The van der Waals surface area contributed by atoms with E-state index >= 15 is 0 Å². The van der Waals surface area contributed by atoms with E-state index < -0.39 is 5.25 Å². The summed E-state index contributed by atoms with van der Waals surface area (Å²) in [5.74, 6) is -0.345. The third-order valence-corrected chi connectivity index (χ3v) is 6.17. The molecule has 30 heavy (non-hydrogen) atoms. The number of halogens is 1. The molecule has 1 heterocycles. The Kier molecular flexibility index (Phi) is 7.00. The molecule has 1 atom stereocenters. The monoisotopic (exact) mass is 441 g/mol. The maximum absolute atomic E-state index is 12.9. The zero-order valence-corrected chi connectivity index (χ0v) is 18.8. The van der Waals surface area contributed by atoms with Crippen molar-refractivity contribution in [2.75, 3.05) is 11.9 Å². The fourth-order valence-corrected chi connectivity index (χ4v) is 4.39. The molecule has 0 spiro atoms. The number of nitrogens with zero attached hydrogens (tertiary/aromatic N) is 2. The first-order valence-electron chi connectivity index (χ1n) is 9.59. The van der Waals surface area contributed by atoms with E-state index in [1.807, 2.05) is 45.0 Å². The van der Waals surface area contributed by atoms with Crippen molar-refractivity contribution in [3.8, 4) is 0 Å². The first-order chi connectivity index (χ1) is 14.3. The average Bonchev–Trinajstić information content (AvgIpc) is 2.96. The predicted octanol–water partition coefficient (Wildman–Crippen LogP) is 5.41. The van der Waals surface area contributed by atoms with Crippen molar-refractivity contribution in [1.82, 2.24) is 4.90 Å². The lowest BCUT2D eigenvalue weighted by Gasteiger charge is -2.14. The molecule has 2 amide bonds. The largest absolute Gasteiger partial charge is 0.326 e. The van der Waals surface area contributed by atoms with Crippen molar-refractivity contribution in [2.24, 2.45) is 4.99 Å². The van der Waals surface area contributed by atoms with Crippen LogP contribution < -0.4 is 5.32 Å². The third kappa shape index (κ3) is 5.12. The van der Waals surface area contributed by atoms with Crippen LogP contribution >= 0.6 is 23.4 Å². The lowest BCUT2D eigenvalue weighted by atomic mass is 10.1. The maximum Gasteiger partial charge on any atom is 0.242 e. The van der Waals surface area contributed by atoms with Gasteiger partial charge in [0.25, 0.3) is 0 Å².